The number of rotatable bonds is 3. The molecular weight excluding hydrogens is 328 g/mol. The van der Waals surface area contributed by atoms with Crippen molar-refractivity contribution in [2.45, 2.75) is 77.0 Å². The maximum atomic E-state index is 13.0. The molecule has 0 spiro atoms. The van der Waals surface area contributed by atoms with Crippen LogP contribution in [-0.2, 0) is 4.79 Å². The molecule has 1 saturated carbocycles. The number of fused-ring (bicyclic) bond motifs is 3. The van der Waals surface area contributed by atoms with Gasteiger partial charge in [-0.15, -0.1) is 0 Å². The van der Waals surface area contributed by atoms with Crippen LogP contribution in [0.5, 0.6) is 0 Å². The van der Waals surface area contributed by atoms with Crippen molar-refractivity contribution in [1.29, 1.82) is 0 Å². The van der Waals surface area contributed by atoms with Gasteiger partial charge in [0.05, 0.1) is 18.4 Å². The highest BCUT2D eigenvalue weighted by atomic mass is 16.2. The Kier molecular flexibility index (Phi) is 3.33. The van der Waals surface area contributed by atoms with Gasteiger partial charge in [0.25, 0.3) is 0 Å². The highest BCUT2D eigenvalue weighted by molar-refractivity contribution is 5.84. The average molecular weight is 354 g/mol. The first kappa shape index (κ1) is 16.0. The Hall–Kier alpha value is -2.18. The molecule has 2 bridgehead atoms. The van der Waals surface area contributed by atoms with Gasteiger partial charge < -0.3 is 14.8 Å². The molecule has 3 aliphatic rings. The van der Waals surface area contributed by atoms with Gasteiger partial charge in [-0.05, 0) is 32.1 Å². The summed E-state index contributed by atoms with van der Waals surface area (Å²) in [5, 5.41) is 3.45. The number of nitrogens with zero attached hydrogens (tertiary/aromatic N) is 5. The van der Waals surface area contributed by atoms with Crippen molar-refractivity contribution in [3.05, 3.63) is 12.7 Å². The molecule has 3 atom stereocenters. The number of imidazole rings is 1. The van der Waals surface area contributed by atoms with Crippen LogP contribution < -0.4 is 5.32 Å². The number of anilines is 1. The van der Waals surface area contributed by atoms with Gasteiger partial charge in [-0.3, -0.25) is 4.79 Å². The predicted molar refractivity (Wildman–Crippen MR) is 98.7 cm³/mol. The summed E-state index contributed by atoms with van der Waals surface area (Å²) in [6.07, 6.45) is 9.07. The van der Waals surface area contributed by atoms with Crippen molar-refractivity contribution in [1.82, 2.24) is 24.4 Å². The molecule has 7 nitrogen and oxygen atoms in total. The van der Waals surface area contributed by atoms with E-state index < -0.39 is 0 Å². The van der Waals surface area contributed by atoms with Gasteiger partial charge in [-0.1, -0.05) is 20.8 Å². The van der Waals surface area contributed by atoms with Crippen LogP contribution in [0.3, 0.4) is 0 Å². The van der Waals surface area contributed by atoms with E-state index in [4.69, 9.17) is 0 Å². The second-order valence-electron chi connectivity index (χ2n) is 9.03. The van der Waals surface area contributed by atoms with E-state index in [1.165, 1.54) is 12.8 Å². The molecule has 2 aromatic heterocycles. The molecule has 2 aliphatic heterocycles. The van der Waals surface area contributed by atoms with E-state index in [0.29, 0.717) is 12.1 Å². The van der Waals surface area contributed by atoms with Crippen LogP contribution in [0.25, 0.3) is 11.2 Å². The number of hydrogen-bond donors (Lipinski definition) is 1. The van der Waals surface area contributed by atoms with Crippen molar-refractivity contribution in [2.24, 2.45) is 5.41 Å². The second kappa shape index (κ2) is 5.41. The number of hydrogen-bond acceptors (Lipinski definition) is 5. The van der Waals surface area contributed by atoms with Crippen LogP contribution in [0, 0.1) is 5.41 Å². The van der Waals surface area contributed by atoms with Crippen molar-refractivity contribution in [3.63, 3.8) is 0 Å². The minimum atomic E-state index is -0.337. The number of carbonyl (C=O) groups excluding carboxylic acids is 1. The fourth-order valence-electron chi connectivity index (χ4n) is 4.58. The summed E-state index contributed by atoms with van der Waals surface area (Å²) >= 11 is 0. The Balaban J connectivity index is 1.48. The summed E-state index contributed by atoms with van der Waals surface area (Å²) < 4.78 is 2.18. The molecular formula is C19H26N6O. The van der Waals surface area contributed by atoms with Crippen LogP contribution in [0.4, 0.5) is 5.82 Å². The minimum absolute atomic E-state index is 0.249. The molecule has 4 heterocycles. The fourth-order valence-corrected chi connectivity index (χ4v) is 4.58. The maximum absolute atomic E-state index is 13.0. The predicted octanol–water partition coefficient (Wildman–Crippen LogP) is 2.75. The quantitative estimate of drug-likeness (QED) is 0.917. The SMILES string of the molecule is CC(C)(C)C(=O)N1[C@@H]2CC[C@H]1C(n1cnc3c(NC4CC4)ncnc31)C2. The van der Waals surface area contributed by atoms with E-state index in [9.17, 15) is 4.79 Å². The van der Waals surface area contributed by atoms with E-state index in [2.05, 4.69) is 29.7 Å². The van der Waals surface area contributed by atoms with Crippen LogP contribution in [-0.4, -0.2) is 48.5 Å². The zero-order chi connectivity index (χ0) is 18.1. The number of carbonyl (C=O) groups is 1. The van der Waals surface area contributed by atoms with E-state index in [-0.39, 0.29) is 23.4 Å². The summed E-state index contributed by atoms with van der Waals surface area (Å²) in [5.41, 5.74) is 1.38. The molecule has 1 unspecified atom stereocenters. The molecule has 1 amide bonds. The lowest BCUT2D eigenvalue weighted by atomic mass is 9.94. The summed E-state index contributed by atoms with van der Waals surface area (Å²) in [6.45, 7) is 6.04. The summed E-state index contributed by atoms with van der Waals surface area (Å²) in [5.74, 6) is 1.10. The zero-order valence-corrected chi connectivity index (χ0v) is 15.6. The van der Waals surface area contributed by atoms with E-state index in [1.54, 1.807) is 6.33 Å². The highest BCUT2D eigenvalue weighted by Gasteiger charge is 2.51. The molecule has 3 fully saturated rings. The largest absolute Gasteiger partial charge is 0.365 e. The second-order valence-corrected chi connectivity index (χ2v) is 9.03. The molecule has 5 rings (SSSR count). The Bertz CT molecular complexity index is 865. The third kappa shape index (κ3) is 2.40. The van der Waals surface area contributed by atoms with Gasteiger partial charge in [0, 0.05) is 17.5 Å². The first-order valence-corrected chi connectivity index (χ1v) is 9.70. The van der Waals surface area contributed by atoms with E-state index in [0.717, 1.165) is 36.2 Å². The summed E-state index contributed by atoms with van der Waals surface area (Å²) in [7, 11) is 0. The third-order valence-electron chi connectivity index (χ3n) is 6.01. The minimum Gasteiger partial charge on any atom is -0.365 e. The maximum Gasteiger partial charge on any atom is 0.228 e. The third-order valence-corrected chi connectivity index (χ3v) is 6.01. The Labute approximate surface area is 153 Å². The smallest absolute Gasteiger partial charge is 0.228 e. The van der Waals surface area contributed by atoms with E-state index in [1.807, 2.05) is 27.1 Å². The fraction of sp³-hybridized carbons (Fsp3) is 0.684. The Morgan fingerprint density at radius 1 is 1.12 bits per heavy atom. The van der Waals surface area contributed by atoms with Crippen LogP contribution in [0.1, 0.15) is 58.9 Å². The van der Waals surface area contributed by atoms with Gasteiger partial charge >= 0.3 is 0 Å². The molecule has 138 valence electrons. The normalized spacial score (nSPS) is 28.1. The highest BCUT2D eigenvalue weighted by Crippen LogP contribution is 2.46. The van der Waals surface area contributed by atoms with Gasteiger partial charge in [-0.2, -0.15) is 0 Å². The lowest BCUT2D eigenvalue weighted by molar-refractivity contribution is -0.140. The lowest BCUT2D eigenvalue weighted by Gasteiger charge is -2.30. The number of aromatic nitrogens is 4. The molecule has 7 heteroatoms. The van der Waals surface area contributed by atoms with Crippen LogP contribution in [0.2, 0.25) is 0 Å². The molecule has 0 aromatic carbocycles. The molecule has 0 radical (unpaired) electrons. The van der Waals surface area contributed by atoms with Crippen molar-refractivity contribution in [3.8, 4) is 0 Å². The van der Waals surface area contributed by atoms with Crippen molar-refractivity contribution in [2.75, 3.05) is 5.32 Å². The molecule has 1 N–H and O–H groups in total. The summed E-state index contributed by atoms with van der Waals surface area (Å²) in [6, 6.07) is 1.38. The van der Waals surface area contributed by atoms with Crippen molar-refractivity contribution >= 4 is 22.9 Å². The first-order chi connectivity index (χ1) is 12.4. The standard InChI is InChI=1S/C19H26N6O/c1-19(2,3)18(26)25-12-6-7-13(25)14(8-12)24-10-22-15-16(23-11-4-5-11)20-9-21-17(15)24/h9-14H,4-8H2,1-3H3,(H,20,21,23)/t12-,13+,14?/m1/s1. The summed E-state index contributed by atoms with van der Waals surface area (Å²) in [4.78, 5) is 28.6. The van der Waals surface area contributed by atoms with Gasteiger partial charge in [0.2, 0.25) is 5.91 Å². The Morgan fingerprint density at radius 2 is 1.92 bits per heavy atom. The number of nitrogens with one attached hydrogen (secondary N) is 1. The monoisotopic (exact) mass is 354 g/mol. The van der Waals surface area contributed by atoms with Gasteiger partial charge in [0.1, 0.15) is 11.8 Å². The Morgan fingerprint density at radius 3 is 2.65 bits per heavy atom. The average Bonchev–Trinajstić information content (AvgIpc) is 3.05. The van der Waals surface area contributed by atoms with E-state index >= 15 is 0 Å². The zero-order valence-electron chi connectivity index (χ0n) is 15.6. The van der Waals surface area contributed by atoms with Gasteiger partial charge in [-0.25, -0.2) is 15.0 Å². The molecule has 1 aliphatic carbocycles. The van der Waals surface area contributed by atoms with Gasteiger partial charge in [0.15, 0.2) is 11.5 Å². The topological polar surface area (TPSA) is 75.9 Å². The molecule has 26 heavy (non-hydrogen) atoms. The lowest BCUT2D eigenvalue weighted by Crippen LogP contribution is -2.43. The molecule has 2 aromatic rings. The number of amides is 1. The molecule has 2 saturated heterocycles. The van der Waals surface area contributed by atoms with Crippen LogP contribution >= 0.6 is 0 Å². The van der Waals surface area contributed by atoms with Crippen molar-refractivity contribution < 1.29 is 4.79 Å². The van der Waals surface area contributed by atoms with Crippen LogP contribution in [0.15, 0.2) is 12.7 Å². The first-order valence-electron chi connectivity index (χ1n) is 9.70.